The van der Waals surface area contributed by atoms with Crippen molar-refractivity contribution in [1.82, 2.24) is 9.97 Å². The molecule has 18 heavy (non-hydrogen) atoms. The van der Waals surface area contributed by atoms with Crippen LogP contribution >= 0.6 is 11.3 Å². The molecule has 0 fully saturated rings. The summed E-state index contributed by atoms with van der Waals surface area (Å²) in [4.78, 5) is 21.9. The van der Waals surface area contributed by atoms with E-state index >= 15 is 0 Å². The average molecular weight is 260 g/mol. The molecule has 3 rings (SSSR count). The second kappa shape index (κ2) is 4.76. The molecule has 94 valence electrons. The summed E-state index contributed by atoms with van der Waals surface area (Å²) in [5, 5.41) is 0.627. The molecule has 0 unspecified atom stereocenters. The SMILES string of the molecule is CCCC(=O)c1nc2cc3c(nc2s1)CCCC3. The Hall–Kier alpha value is -1.29. The number of ketones is 1. The number of carbonyl (C=O) groups is 1. The summed E-state index contributed by atoms with van der Waals surface area (Å²) in [6.07, 6.45) is 6.10. The molecule has 4 heteroatoms. The summed E-state index contributed by atoms with van der Waals surface area (Å²) in [7, 11) is 0. The Morgan fingerprint density at radius 3 is 3.00 bits per heavy atom. The van der Waals surface area contributed by atoms with Gasteiger partial charge >= 0.3 is 0 Å². The van der Waals surface area contributed by atoms with Gasteiger partial charge in [-0.3, -0.25) is 4.79 Å². The fourth-order valence-corrected chi connectivity index (χ4v) is 3.34. The van der Waals surface area contributed by atoms with E-state index in [1.807, 2.05) is 6.92 Å². The third-order valence-electron chi connectivity index (χ3n) is 3.38. The van der Waals surface area contributed by atoms with Crippen molar-refractivity contribution in [2.45, 2.75) is 45.4 Å². The minimum absolute atomic E-state index is 0.151. The number of thiazole rings is 1. The topological polar surface area (TPSA) is 42.9 Å². The molecule has 0 saturated heterocycles. The zero-order valence-electron chi connectivity index (χ0n) is 10.5. The van der Waals surface area contributed by atoms with Crippen LogP contribution in [0.2, 0.25) is 0 Å². The van der Waals surface area contributed by atoms with Gasteiger partial charge in [-0.25, -0.2) is 9.97 Å². The number of carbonyl (C=O) groups excluding carboxylic acids is 1. The van der Waals surface area contributed by atoms with Crippen molar-refractivity contribution in [3.63, 3.8) is 0 Å². The molecule has 0 spiro atoms. The minimum atomic E-state index is 0.151. The van der Waals surface area contributed by atoms with Gasteiger partial charge in [0.1, 0.15) is 10.3 Å². The molecule has 1 aliphatic rings. The second-order valence-corrected chi connectivity index (χ2v) is 5.80. The van der Waals surface area contributed by atoms with Crippen molar-refractivity contribution in [2.24, 2.45) is 0 Å². The van der Waals surface area contributed by atoms with Crippen LogP contribution in [0.5, 0.6) is 0 Å². The van der Waals surface area contributed by atoms with Crippen LogP contribution in [-0.2, 0) is 12.8 Å². The predicted molar refractivity (Wildman–Crippen MR) is 73.3 cm³/mol. The lowest BCUT2D eigenvalue weighted by atomic mass is 9.96. The van der Waals surface area contributed by atoms with Crippen LogP contribution in [0.15, 0.2) is 6.07 Å². The van der Waals surface area contributed by atoms with E-state index in [9.17, 15) is 4.79 Å². The van der Waals surface area contributed by atoms with Crippen molar-refractivity contribution in [1.29, 1.82) is 0 Å². The quantitative estimate of drug-likeness (QED) is 0.793. The molecule has 0 bridgehead atoms. The first-order valence-electron chi connectivity index (χ1n) is 6.60. The molecule has 2 aromatic heterocycles. The Balaban J connectivity index is 2.04. The van der Waals surface area contributed by atoms with Gasteiger partial charge in [-0.05, 0) is 43.7 Å². The number of nitrogens with zero attached hydrogens (tertiary/aromatic N) is 2. The van der Waals surface area contributed by atoms with Crippen molar-refractivity contribution < 1.29 is 4.79 Å². The molecule has 0 saturated carbocycles. The average Bonchev–Trinajstić information content (AvgIpc) is 2.79. The van der Waals surface area contributed by atoms with Gasteiger partial charge in [-0.1, -0.05) is 18.3 Å². The Morgan fingerprint density at radius 2 is 2.17 bits per heavy atom. The van der Waals surface area contributed by atoms with Crippen molar-refractivity contribution in [3.8, 4) is 0 Å². The number of aromatic nitrogens is 2. The molecular formula is C14H16N2OS. The number of rotatable bonds is 3. The maximum absolute atomic E-state index is 11.9. The highest BCUT2D eigenvalue weighted by Gasteiger charge is 2.16. The van der Waals surface area contributed by atoms with Gasteiger partial charge in [-0.15, -0.1) is 0 Å². The summed E-state index contributed by atoms with van der Waals surface area (Å²) in [5.41, 5.74) is 3.44. The van der Waals surface area contributed by atoms with E-state index < -0.39 is 0 Å². The van der Waals surface area contributed by atoms with Crippen molar-refractivity contribution in [3.05, 3.63) is 22.3 Å². The summed E-state index contributed by atoms with van der Waals surface area (Å²) < 4.78 is 0. The van der Waals surface area contributed by atoms with Gasteiger partial charge < -0.3 is 0 Å². The van der Waals surface area contributed by atoms with Crippen LogP contribution < -0.4 is 0 Å². The maximum Gasteiger partial charge on any atom is 0.191 e. The number of fused-ring (bicyclic) bond motifs is 2. The fraction of sp³-hybridized carbons (Fsp3) is 0.500. The highest BCUT2D eigenvalue weighted by atomic mass is 32.1. The van der Waals surface area contributed by atoms with Crippen molar-refractivity contribution >= 4 is 27.5 Å². The summed E-state index contributed by atoms with van der Waals surface area (Å²) >= 11 is 1.45. The summed E-state index contributed by atoms with van der Waals surface area (Å²) in [6.45, 7) is 2.02. The predicted octanol–water partition coefficient (Wildman–Crippen LogP) is 3.55. The molecular weight excluding hydrogens is 244 g/mol. The molecule has 0 radical (unpaired) electrons. The van der Waals surface area contributed by atoms with Crippen LogP contribution in [0.3, 0.4) is 0 Å². The third-order valence-corrected chi connectivity index (χ3v) is 4.38. The maximum atomic E-state index is 11.9. The van der Waals surface area contributed by atoms with Crippen LogP contribution in [0, 0.1) is 0 Å². The first-order valence-corrected chi connectivity index (χ1v) is 7.42. The molecule has 0 N–H and O–H groups in total. The van der Waals surface area contributed by atoms with Crippen LogP contribution in [0.25, 0.3) is 10.3 Å². The first kappa shape index (κ1) is 11.8. The standard InChI is InChI=1S/C14H16N2OS/c1-2-5-12(17)14-16-11-8-9-6-3-4-7-10(9)15-13(11)18-14/h8H,2-7H2,1H3. The number of Topliss-reactive ketones (excluding diaryl/α,β-unsaturated/α-hetero) is 1. The fourth-order valence-electron chi connectivity index (χ4n) is 2.43. The van der Waals surface area contributed by atoms with Gasteiger partial charge in [0.25, 0.3) is 0 Å². The molecule has 0 amide bonds. The lowest BCUT2D eigenvalue weighted by Gasteiger charge is -2.13. The van der Waals surface area contributed by atoms with E-state index in [4.69, 9.17) is 0 Å². The molecule has 2 aromatic rings. The Bertz CT molecular complexity index is 560. The highest BCUT2D eigenvalue weighted by Crippen LogP contribution is 2.27. The van der Waals surface area contributed by atoms with E-state index in [2.05, 4.69) is 16.0 Å². The lowest BCUT2D eigenvalue weighted by molar-refractivity contribution is 0.0981. The number of hydrogen-bond acceptors (Lipinski definition) is 4. The Labute approximate surface area is 110 Å². The third kappa shape index (κ3) is 2.05. The smallest absolute Gasteiger partial charge is 0.191 e. The normalized spacial score (nSPS) is 14.7. The lowest BCUT2D eigenvalue weighted by Crippen LogP contribution is -2.04. The second-order valence-electron chi connectivity index (χ2n) is 4.82. The van der Waals surface area contributed by atoms with Gasteiger partial charge in [-0.2, -0.15) is 0 Å². The van der Waals surface area contributed by atoms with Crippen molar-refractivity contribution in [2.75, 3.05) is 0 Å². The van der Waals surface area contributed by atoms with Crippen LogP contribution in [0.1, 0.15) is 53.7 Å². The highest BCUT2D eigenvalue weighted by molar-refractivity contribution is 7.19. The molecule has 3 nitrogen and oxygen atoms in total. The largest absolute Gasteiger partial charge is 0.292 e. The van der Waals surface area contributed by atoms with Crippen LogP contribution in [-0.4, -0.2) is 15.8 Å². The molecule has 0 atom stereocenters. The van der Waals surface area contributed by atoms with E-state index in [1.165, 1.54) is 35.4 Å². The minimum Gasteiger partial charge on any atom is -0.292 e. The number of aryl methyl sites for hydroxylation is 2. The monoisotopic (exact) mass is 260 g/mol. The van der Waals surface area contributed by atoms with Gasteiger partial charge in [0, 0.05) is 12.1 Å². The molecule has 2 heterocycles. The zero-order valence-corrected chi connectivity index (χ0v) is 11.3. The summed E-state index contributed by atoms with van der Waals surface area (Å²) in [6, 6.07) is 2.13. The van der Waals surface area contributed by atoms with Gasteiger partial charge in [0.15, 0.2) is 10.8 Å². The number of hydrogen-bond donors (Lipinski definition) is 0. The Kier molecular flexibility index (Phi) is 3.12. The molecule has 1 aliphatic carbocycles. The Morgan fingerprint density at radius 1 is 1.33 bits per heavy atom. The van der Waals surface area contributed by atoms with E-state index in [0.717, 1.165) is 29.6 Å². The van der Waals surface area contributed by atoms with Crippen LogP contribution in [0.4, 0.5) is 0 Å². The molecule has 0 aliphatic heterocycles. The first-order chi connectivity index (χ1) is 8.78. The van der Waals surface area contributed by atoms with Gasteiger partial charge in [0.05, 0.1) is 0 Å². The van der Waals surface area contributed by atoms with E-state index in [1.54, 1.807) is 0 Å². The number of pyridine rings is 1. The zero-order chi connectivity index (χ0) is 12.5. The summed E-state index contributed by atoms with van der Waals surface area (Å²) in [5.74, 6) is 0.151. The molecule has 0 aromatic carbocycles. The van der Waals surface area contributed by atoms with E-state index in [-0.39, 0.29) is 5.78 Å². The van der Waals surface area contributed by atoms with E-state index in [0.29, 0.717) is 11.4 Å². The van der Waals surface area contributed by atoms with Gasteiger partial charge in [0.2, 0.25) is 0 Å².